The SMILES string of the molecule is CC/C=C\C/C=C\C/C=C\C/C=C\CCC(=O)OC(COC(=O)CCCCCCCCCCCCCCCCCCCCC/C=C\C/C=C\CCCCCCC)COC(OCC[N+](C)(C)C)C(=O)[O-]. The summed E-state index contributed by atoms with van der Waals surface area (Å²) in [7, 11) is 5.89. The van der Waals surface area contributed by atoms with Crippen LogP contribution in [-0.2, 0) is 33.3 Å². The summed E-state index contributed by atoms with van der Waals surface area (Å²) < 4.78 is 22.5. The van der Waals surface area contributed by atoms with Gasteiger partial charge in [-0.3, -0.25) is 9.59 Å². The van der Waals surface area contributed by atoms with E-state index in [0.29, 0.717) is 17.4 Å². The van der Waals surface area contributed by atoms with Crippen molar-refractivity contribution in [2.24, 2.45) is 0 Å². The van der Waals surface area contributed by atoms with Gasteiger partial charge in [-0.05, 0) is 70.6 Å². The lowest BCUT2D eigenvalue weighted by Crippen LogP contribution is -2.44. The summed E-state index contributed by atoms with van der Waals surface area (Å²) in [5.41, 5.74) is 0. The van der Waals surface area contributed by atoms with Gasteiger partial charge in [0.05, 0.1) is 40.3 Å². The largest absolute Gasteiger partial charge is 0.545 e. The third-order valence-electron chi connectivity index (χ3n) is 12.0. The number of quaternary nitrogens is 1. The summed E-state index contributed by atoms with van der Waals surface area (Å²) in [5, 5.41) is 11.7. The van der Waals surface area contributed by atoms with Gasteiger partial charge in [0.15, 0.2) is 12.4 Å². The van der Waals surface area contributed by atoms with E-state index in [9.17, 15) is 19.5 Å². The molecule has 0 aromatic rings. The number of carboxylic acids is 1. The first-order valence-corrected chi connectivity index (χ1v) is 28.1. The second-order valence-corrected chi connectivity index (χ2v) is 19.8. The third kappa shape index (κ3) is 52.4. The summed E-state index contributed by atoms with van der Waals surface area (Å²) >= 11 is 0. The quantitative estimate of drug-likeness (QED) is 0.0195. The van der Waals surface area contributed by atoms with Crippen molar-refractivity contribution in [1.82, 2.24) is 0 Å². The van der Waals surface area contributed by atoms with Crippen molar-refractivity contribution in [3.8, 4) is 0 Å². The van der Waals surface area contributed by atoms with Crippen LogP contribution in [-0.4, -0.2) is 82.3 Å². The molecule has 398 valence electrons. The van der Waals surface area contributed by atoms with E-state index < -0.39 is 24.3 Å². The van der Waals surface area contributed by atoms with Gasteiger partial charge in [-0.15, -0.1) is 0 Å². The minimum Gasteiger partial charge on any atom is -0.545 e. The zero-order valence-corrected chi connectivity index (χ0v) is 45.2. The number of hydrogen-bond donors (Lipinski definition) is 0. The van der Waals surface area contributed by atoms with E-state index in [2.05, 4.69) is 74.6 Å². The maximum absolute atomic E-state index is 12.7. The number of ether oxygens (including phenoxy) is 4. The lowest BCUT2D eigenvalue weighted by Gasteiger charge is -2.26. The number of hydrogen-bond acceptors (Lipinski definition) is 8. The summed E-state index contributed by atoms with van der Waals surface area (Å²) in [4.78, 5) is 37.1. The smallest absolute Gasteiger partial charge is 0.306 e. The van der Waals surface area contributed by atoms with Crippen LogP contribution in [0.3, 0.4) is 0 Å². The Morgan fingerprint density at radius 1 is 0.449 bits per heavy atom. The van der Waals surface area contributed by atoms with Crippen molar-refractivity contribution >= 4 is 17.9 Å². The van der Waals surface area contributed by atoms with Crippen LogP contribution >= 0.6 is 0 Å². The normalized spacial score (nSPS) is 13.3. The summed E-state index contributed by atoms with van der Waals surface area (Å²) in [6, 6.07) is 0. The number of allylic oxidation sites excluding steroid dienone is 12. The second kappa shape index (κ2) is 51.1. The average molecular weight is 968 g/mol. The molecule has 0 saturated carbocycles. The molecular formula is C60H105NO8. The lowest BCUT2D eigenvalue weighted by atomic mass is 10.0. The molecule has 0 heterocycles. The average Bonchev–Trinajstić information content (AvgIpc) is 3.31. The van der Waals surface area contributed by atoms with Crippen molar-refractivity contribution in [3.05, 3.63) is 72.9 Å². The van der Waals surface area contributed by atoms with Gasteiger partial charge in [-0.1, -0.05) is 222 Å². The number of carboxylic acid groups (broad SMARTS) is 1. The van der Waals surface area contributed by atoms with Crippen molar-refractivity contribution in [2.45, 2.75) is 245 Å². The van der Waals surface area contributed by atoms with Crippen LogP contribution in [0.15, 0.2) is 72.9 Å². The van der Waals surface area contributed by atoms with Gasteiger partial charge in [-0.25, -0.2) is 0 Å². The Morgan fingerprint density at radius 3 is 1.29 bits per heavy atom. The van der Waals surface area contributed by atoms with Gasteiger partial charge >= 0.3 is 11.9 Å². The molecule has 0 fully saturated rings. The number of esters is 2. The molecule has 0 aromatic carbocycles. The summed E-state index contributed by atoms with van der Waals surface area (Å²) in [6.45, 7) is 4.54. The van der Waals surface area contributed by atoms with Crippen molar-refractivity contribution in [2.75, 3.05) is 47.5 Å². The highest BCUT2D eigenvalue weighted by Gasteiger charge is 2.21. The highest BCUT2D eigenvalue weighted by atomic mass is 16.7. The highest BCUT2D eigenvalue weighted by molar-refractivity contribution is 5.70. The zero-order valence-electron chi connectivity index (χ0n) is 45.2. The number of aliphatic carboxylic acids is 1. The molecular weight excluding hydrogens is 863 g/mol. The molecule has 0 N–H and O–H groups in total. The fourth-order valence-corrected chi connectivity index (χ4v) is 7.64. The molecule has 0 aromatic heterocycles. The fraction of sp³-hybridized carbons (Fsp3) is 0.750. The van der Waals surface area contributed by atoms with Crippen LogP contribution in [0.1, 0.15) is 232 Å². The number of unbranched alkanes of at least 4 members (excludes halogenated alkanes) is 24. The maximum Gasteiger partial charge on any atom is 0.306 e. The van der Waals surface area contributed by atoms with Gasteiger partial charge in [0.1, 0.15) is 13.2 Å². The van der Waals surface area contributed by atoms with Gasteiger partial charge in [0.2, 0.25) is 0 Å². The van der Waals surface area contributed by atoms with E-state index in [1.54, 1.807) is 0 Å². The number of nitrogens with zero attached hydrogens (tertiary/aromatic N) is 1. The Bertz CT molecular complexity index is 1360. The van der Waals surface area contributed by atoms with Crippen LogP contribution in [0.5, 0.6) is 0 Å². The van der Waals surface area contributed by atoms with Crippen LogP contribution in [0.25, 0.3) is 0 Å². The first-order valence-electron chi connectivity index (χ1n) is 28.1. The minimum atomic E-state index is -1.64. The molecule has 0 radical (unpaired) electrons. The van der Waals surface area contributed by atoms with E-state index in [1.807, 2.05) is 33.3 Å². The topological polar surface area (TPSA) is 111 Å². The molecule has 69 heavy (non-hydrogen) atoms. The molecule has 0 rings (SSSR count). The van der Waals surface area contributed by atoms with Gasteiger partial charge in [0.25, 0.3) is 0 Å². The van der Waals surface area contributed by atoms with Crippen LogP contribution in [0, 0.1) is 0 Å². The number of carbonyl (C=O) groups is 3. The molecule has 0 spiro atoms. The minimum absolute atomic E-state index is 0.125. The Morgan fingerprint density at radius 2 is 0.855 bits per heavy atom. The van der Waals surface area contributed by atoms with Gasteiger partial charge in [-0.2, -0.15) is 0 Å². The summed E-state index contributed by atoms with van der Waals surface area (Å²) in [6.07, 6.45) is 62.8. The molecule has 0 aliphatic carbocycles. The molecule has 2 unspecified atom stereocenters. The van der Waals surface area contributed by atoms with Crippen LogP contribution in [0.4, 0.5) is 0 Å². The molecule has 2 atom stereocenters. The third-order valence-corrected chi connectivity index (χ3v) is 12.0. The van der Waals surface area contributed by atoms with E-state index in [-0.39, 0.29) is 38.6 Å². The van der Waals surface area contributed by atoms with Crippen LogP contribution < -0.4 is 5.11 Å². The Hall–Kier alpha value is -3.27. The first-order chi connectivity index (χ1) is 33.6. The molecule has 0 saturated heterocycles. The van der Waals surface area contributed by atoms with Crippen molar-refractivity contribution < 1.29 is 42.9 Å². The Kier molecular flexibility index (Phi) is 48.7. The van der Waals surface area contributed by atoms with E-state index >= 15 is 0 Å². The predicted octanol–water partition coefficient (Wildman–Crippen LogP) is 14.9. The number of carbonyl (C=O) groups excluding carboxylic acids is 3. The van der Waals surface area contributed by atoms with E-state index in [0.717, 1.165) is 51.4 Å². The molecule has 0 aliphatic heterocycles. The molecule has 0 bridgehead atoms. The highest BCUT2D eigenvalue weighted by Crippen LogP contribution is 2.16. The standard InChI is InChI=1S/C60H105NO8/c1-6-8-10-12-14-16-18-20-21-22-23-24-25-26-27-28-29-30-31-32-33-34-35-36-37-39-40-42-44-46-48-50-57(62)67-54-56(55-68-60(59(64)65)66-53-52-61(3,4)5)69-58(63)51-49-47-45-43-41-38-19-17-15-13-11-9-7-2/h9,11,15,17-18,20,22-23,38,41,45,47,56,60H,6-8,10,12-14,16,19,21,24-37,39-40,42-44,46,48-55H2,1-5H3/b11-9-,17-15-,20-18-,23-22-,41-38-,47-45-. The molecule has 9 heteroatoms. The first kappa shape index (κ1) is 65.7. The molecule has 0 aliphatic rings. The predicted molar refractivity (Wildman–Crippen MR) is 288 cm³/mol. The molecule has 9 nitrogen and oxygen atoms in total. The second-order valence-electron chi connectivity index (χ2n) is 19.8. The Labute approximate surface area is 424 Å². The molecule has 0 amide bonds. The number of likely N-dealkylation sites (N-methyl/N-ethyl adjacent to an activating group) is 1. The van der Waals surface area contributed by atoms with Gasteiger partial charge < -0.3 is 33.3 Å². The van der Waals surface area contributed by atoms with E-state index in [4.69, 9.17) is 18.9 Å². The lowest BCUT2D eigenvalue weighted by molar-refractivity contribution is -0.870. The fourth-order valence-electron chi connectivity index (χ4n) is 7.64. The number of rotatable bonds is 51. The summed E-state index contributed by atoms with van der Waals surface area (Å²) in [5.74, 6) is -2.39. The van der Waals surface area contributed by atoms with Crippen molar-refractivity contribution in [3.63, 3.8) is 0 Å². The van der Waals surface area contributed by atoms with E-state index in [1.165, 1.54) is 148 Å². The zero-order chi connectivity index (χ0) is 50.6. The Balaban J connectivity index is 4.12. The maximum atomic E-state index is 12.7. The monoisotopic (exact) mass is 968 g/mol. The van der Waals surface area contributed by atoms with Gasteiger partial charge in [0, 0.05) is 12.8 Å². The van der Waals surface area contributed by atoms with Crippen LogP contribution in [0.2, 0.25) is 0 Å². The van der Waals surface area contributed by atoms with Crippen molar-refractivity contribution in [1.29, 1.82) is 0 Å².